The zero-order chi connectivity index (χ0) is 14.9. The molecule has 1 fully saturated rings. The van der Waals surface area contributed by atoms with E-state index in [9.17, 15) is 0 Å². The lowest BCUT2D eigenvalue weighted by Gasteiger charge is -2.33. The summed E-state index contributed by atoms with van der Waals surface area (Å²) in [6, 6.07) is 12.1. The zero-order valence-electron chi connectivity index (χ0n) is 13.6. The van der Waals surface area contributed by atoms with Crippen LogP contribution in [-0.2, 0) is 11.2 Å². The average molecular weight is 290 g/mol. The highest BCUT2D eigenvalue weighted by atomic mass is 16.5. The molecule has 1 aromatic carbocycles. The fraction of sp³-hybridized carbons (Fsp3) is 0.667. The Hall–Kier alpha value is -0.900. The van der Waals surface area contributed by atoms with Gasteiger partial charge in [0.1, 0.15) is 0 Å². The van der Waals surface area contributed by atoms with Crippen LogP contribution in [0.4, 0.5) is 0 Å². The molecule has 2 unspecified atom stereocenters. The van der Waals surface area contributed by atoms with E-state index in [1.54, 1.807) is 7.11 Å². The molecule has 1 aromatic rings. The van der Waals surface area contributed by atoms with Crippen molar-refractivity contribution in [1.82, 2.24) is 10.2 Å². The maximum absolute atomic E-state index is 5.32. The molecule has 0 spiro atoms. The number of nitrogens with zero attached hydrogens (tertiary/aromatic N) is 1. The lowest BCUT2D eigenvalue weighted by Crippen LogP contribution is -2.45. The maximum atomic E-state index is 5.32. The largest absolute Gasteiger partial charge is 0.383 e. The summed E-state index contributed by atoms with van der Waals surface area (Å²) < 4.78 is 5.32. The van der Waals surface area contributed by atoms with Crippen LogP contribution in [0.1, 0.15) is 31.7 Å². The van der Waals surface area contributed by atoms with Gasteiger partial charge in [-0.05, 0) is 37.8 Å². The van der Waals surface area contributed by atoms with Crippen molar-refractivity contribution in [3.05, 3.63) is 35.9 Å². The summed E-state index contributed by atoms with van der Waals surface area (Å²) in [5.41, 5.74) is 1.44. The minimum Gasteiger partial charge on any atom is -0.383 e. The molecule has 0 bridgehead atoms. The summed E-state index contributed by atoms with van der Waals surface area (Å²) >= 11 is 0. The van der Waals surface area contributed by atoms with Crippen molar-refractivity contribution >= 4 is 0 Å². The zero-order valence-corrected chi connectivity index (χ0v) is 13.6. The van der Waals surface area contributed by atoms with Crippen LogP contribution < -0.4 is 5.32 Å². The van der Waals surface area contributed by atoms with Gasteiger partial charge in [0.25, 0.3) is 0 Å². The molecule has 1 aliphatic heterocycles. The van der Waals surface area contributed by atoms with Crippen molar-refractivity contribution in [2.24, 2.45) is 0 Å². The van der Waals surface area contributed by atoms with Crippen molar-refractivity contribution in [3.63, 3.8) is 0 Å². The Morgan fingerprint density at radius 3 is 2.76 bits per heavy atom. The second-order valence-electron chi connectivity index (χ2n) is 6.03. The van der Waals surface area contributed by atoms with E-state index in [0.29, 0.717) is 12.1 Å². The lowest BCUT2D eigenvalue weighted by atomic mass is 10.0. The highest BCUT2D eigenvalue weighted by Gasteiger charge is 2.22. The van der Waals surface area contributed by atoms with E-state index in [1.807, 2.05) is 0 Å². The van der Waals surface area contributed by atoms with Crippen LogP contribution in [0.2, 0.25) is 0 Å². The van der Waals surface area contributed by atoms with Gasteiger partial charge in [-0.25, -0.2) is 0 Å². The summed E-state index contributed by atoms with van der Waals surface area (Å²) in [5.74, 6) is 0. The number of rotatable bonds is 9. The Morgan fingerprint density at radius 2 is 2.14 bits per heavy atom. The van der Waals surface area contributed by atoms with Gasteiger partial charge in [0, 0.05) is 32.3 Å². The normalized spacial score (nSPS) is 20.0. The first-order valence-corrected chi connectivity index (χ1v) is 8.33. The lowest BCUT2D eigenvalue weighted by molar-refractivity contribution is 0.110. The molecule has 2 rings (SSSR count). The number of hydrogen-bond acceptors (Lipinski definition) is 3. The summed E-state index contributed by atoms with van der Waals surface area (Å²) in [4.78, 5) is 2.62. The fourth-order valence-electron chi connectivity index (χ4n) is 3.24. The van der Waals surface area contributed by atoms with Crippen LogP contribution in [0, 0.1) is 0 Å². The Morgan fingerprint density at radius 1 is 1.33 bits per heavy atom. The third-order valence-electron chi connectivity index (χ3n) is 4.50. The molecular formula is C18H30N2O. The van der Waals surface area contributed by atoms with E-state index in [4.69, 9.17) is 4.74 Å². The molecule has 21 heavy (non-hydrogen) atoms. The van der Waals surface area contributed by atoms with E-state index in [0.717, 1.165) is 26.1 Å². The Balaban J connectivity index is 1.96. The van der Waals surface area contributed by atoms with Crippen LogP contribution in [0.15, 0.2) is 30.3 Å². The summed E-state index contributed by atoms with van der Waals surface area (Å²) in [5, 5.41) is 3.62. The van der Waals surface area contributed by atoms with Crippen LogP contribution >= 0.6 is 0 Å². The first-order valence-electron chi connectivity index (χ1n) is 8.33. The molecule has 1 saturated heterocycles. The van der Waals surface area contributed by atoms with E-state index in [-0.39, 0.29) is 0 Å². The molecule has 1 heterocycles. The molecular weight excluding hydrogens is 260 g/mol. The van der Waals surface area contributed by atoms with Crippen LogP contribution in [-0.4, -0.2) is 50.3 Å². The molecule has 0 aromatic heterocycles. The molecule has 0 amide bonds. The van der Waals surface area contributed by atoms with Gasteiger partial charge in [-0.1, -0.05) is 37.3 Å². The SMILES string of the molecule is CCC(Cc1ccccc1)N(CCOC)CC1CCCN1. The molecule has 1 aliphatic rings. The molecule has 0 radical (unpaired) electrons. The highest BCUT2D eigenvalue weighted by Crippen LogP contribution is 2.15. The van der Waals surface area contributed by atoms with E-state index >= 15 is 0 Å². The smallest absolute Gasteiger partial charge is 0.0589 e. The summed E-state index contributed by atoms with van der Waals surface area (Å²) in [7, 11) is 1.80. The highest BCUT2D eigenvalue weighted by molar-refractivity contribution is 5.16. The molecule has 1 N–H and O–H groups in total. The van der Waals surface area contributed by atoms with E-state index in [2.05, 4.69) is 47.5 Å². The van der Waals surface area contributed by atoms with E-state index < -0.39 is 0 Å². The van der Waals surface area contributed by atoms with Crippen LogP contribution in [0.25, 0.3) is 0 Å². The standard InChI is InChI=1S/C18H30N2O/c1-3-18(14-16-8-5-4-6-9-16)20(12-13-21-2)15-17-10-7-11-19-17/h4-6,8-9,17-19H,3,7,10-15H2,1-2H3. The molecule has 3 nitrogen and oxygen atoms in total. The van der Waals surface area contributed by atoms with Crippen molar-refractivity contribution < 1.29 is 4.74 Å². The second kappa shape index (κ2) is 9.19. The Kier molecular flexibility index (Phi) is 7.20. The molecule has 3 heteroatoms. The van der Waals surface area contributed by atoms with Gasteiger partial charge in [0.2, 0.25) is 0 Å². The van der Waals surface area contributed by atoms with Crippen molar-refractivity contribution in [2.45, 2.75) is 44.7 Å². The average Bonchev–Trinajstić information content (AvgIpc) is 3.03. The van der Waals surface area contributed by atoms with Gasteiger partial charge >= 0.3 is 0 Å². The number of methoxy groups -OCH3 is 1. The Labute approximate surface area is 129 Å². The van der Waals surface area contributed by atoms with Gasteiger partial charge in [-0.15, -0.1) is 0 Å². The third kappa shape index (κ3) is 5.42. The summed E-state index contributed by atoms with van der Waals surface area (Å²) in [6.07, 6.45) is 4.95. The van der Waals surface area contributed by atoms with Crippen LogP contribution in [0.3, 0.4) is 0 Å². The predicted molar refractivity (Wildman–Crippen MR) is 88.7 cm³/mol. The van der Waals surface area contributed by atoms with Gasteiger partial charge in [0.05, 0.1) is 6.61 Å². The molecule has 2 atom stereocenters. The second-order valence-corrected chi connectivity index (χ2v) is 6.03. The molecule has 118 valence electrons. The monoisotopic (exact) mass is 290 g/mol. The van der Waals surface area contributed by atoms with Gasteiger partial charge in [0.15, 0.2) is 0 Å². The maximum Gasteiger partial charge on any atom is 0.0589 e. The van der Waals surface area contributed by atoms with Gasteiger partial charge < -0.3 is 10.1 Å². The number of hydrogen-bond donors (Lipinski definition) is 1. The first kappa shape index (κ1) is 16.5. The fourth-order valence-corrected chi connectivity index (χ4v) is 3.24. The molecule has 0 aliphatic carbocycles. The third-order valence-corrected chi connectivity index (χ3v) is 4.50. The van der Waals surface area contributed by atoms with Crippen molar-refractivity contribution in [1.29, 1.82) is 0 Å². The van der Waals surface area contributed by atoms with Gasteiger partial charge in [-0.2, -0.15) is 0 Å². The van der Waals surface area contributed by atoms with Gasteiger partial charge in [-0.3, -0.25) is 4.90 Å². The first-order chi connectivity index (χ1) is 10.3. The predicted octanol–water partition coefficient (Wildman–Crippen LogP) is 2.71. The Bertz CT molecular complexity index is 376. The summed E-state index contributed by atoms with van der Waals surface area (Å²) in [6.45, 7) is 6.47. The minimum atomic E-state index is 0.602. The number of nitrogens with one attached hydrogen (secondary N) is 1. The quantitative estimate of drug-likeness (QED) is 0.757. The number of benzene rings is 1. The molecule has 0 saturated carbocycles. The van der Waals surface area contributed by atoms with Crippen molar-refractivity contribution in [2.75, 3.05) is 33.4 Å². The topological polar surface area (TPSA) is 24.5 Å². The van der Waals surface area contributed by atoms with E-state index in [1.165, 1.54) is 31.4 Å². The number of ether oxygens (including phenoxy) is 1. The van der Waals surface area contributed by atoms with Crippen LogP contribution in [0.5, 0.6) is 0 Å². The minimum absolute atomic E-state index is 0.602. The van der Waals surface area contributed by atoms with Crippen molar-refractivity contribution in [3.8, 4) is 0 Å².